The standard InChI is InChI=1S/C23H18Cl2O4/c24-20(26)22(28)11-9-14-5-1-3-7-16(14)18(22)13-19-17-8-4-2-6-15(17)10-12-23(19,29)21(25)27/h1-10,28-29H,11-13H2. The molecule has 2 aliphatic carbocycles. The van der Waals surface area contributed by atoms with E-state index in [0.717, 1.165) is 10.4 Å². The van der Waals surface area contributed by atoms with E-state index >= 15 is 0 Å². The van der Waals surface area contributed by atoms with E-state index in [1.54, 1.807) is 36.4 Å². The Kier molecular flexibility index (Phi) is 4.99. The zero-order chi connectivity index (χ0) is 20.8. The second kappa shape index (κ2) is 7.22. The first-order valence-corrected chi connectivity index (χ1v) is 9.95. The second-order valence-electron chi connectivity index (χ2n) is 7.39. The molecule has 2 aromatic rings. The first-order valence-electron chi connectivity index (χ1n) is 9.20. The summed E-state index contributed by atoms with van der Waals surface area (Å²) in [5.74, 6) is 0. The number of rotatable bonds is 4. The Morgan fingerprint density at radius 2 is 1.14 bits per heavy atom. The lowest BCUT2D eigenvalue weighted by molar-refractivity contribution is -0.123. The van der Waals surface area contributed by atoms with Gasteiger partial charge in [0.05, 0.1) is 0 Å². The van der Waals surface area contributed by atoms with E-state index in [9.17, 15) is 19.8 Å². The number of carbonyl (C=O) groups is 2. The summed E-state index contributed by atoms with van der Waals surface area (Å²) < 4.78 is 0. The number of halogens is 2. The summed E-state index contributed by atoms with van der Waals surface area (Å²) in [6.45, 7) is 0. The Balaban J connectivity index is 2.06. The minimum atomic E-state index is -1.94. The summed E-state index contributed by atoms with van der Waals surface area (Å²) in [5.41, 5.74) is -3.18. The topological polar surface area (TPSA) is 74.6 Å². The number of carbonyl (C=O) groups excluding carboxylic acids is 2. The Morgan fingerprint density at radius 3 is 1.52 bits per heavy atom. The van der Waals surface area contributed by atoms with Crippen LogP contribution in [-0.2, 0) is 9.59 Å². The molecule has 0 spiro atoms. The fourth-order valence-corrected chi connectivity index (χ4v) is 4.55. The molecule has 0 fully saturated rings. The molecule has 0 aromatic heterocycles. The first-order chi connectivity index (χ1) is 13.8. The van der Waals surface area contributed by atoms with Crippen LogP contribution < -0.4 is 20.9 Å². The normalized spacial score (nSPS) is 25.4. The van der Waals surface area contributed by atoms with Gasteiger partial charge >= 0.3 is 0 Å². The molecule has 0 heterocycles. The van der Waals surface area contributed by atoms with Crippen molar-refractivity contribution in [1.29, 1.82) is 0 Å². The lowest BCUT2D eigenvalue weighted by Crippen LogP contribution is -2.50. The van der Waals surface area contributed by atoms with Gasteiger partial charge in [-0.25, -0.2) is 0 Å². The Morgan fingerprint density at radius 1 is 0.759 bits per heavy atom. The van der Waals surface area contributed by atoms with Crippen LogP contribution in [0.3, 0.4) is 0 Å². The summed E-state index contributed by atoms with van der Waals surface area (Å²) in [6, 6.07) is 14.6. The fraction of sp³-hybridized carbons (Fsp3) is 0.217. The molecule has 29 heavy (non-hydrogen) atoms. The van der Waals surface area contributed by atoms with Crippen LogP contribution in [0.15, 0.2) is 48.5 Å². The molecule has 2 unspecified atom stereocenters. The van der Waals surface area contributed by atoms with Gasteiger partial charge < -0.3 is 10.2 Å². The van der Waals surface area contributed by atoms with E-state index in [1.165, 1.54) is 0 Å². The minimum absolute atomic E-state index is 0.00990. The second-order valence-corrected chi connectivity index (χ2v) is 8.08. The van der Waals surface area contributed by atoms with Gasteiger partial charge in [-0.1, -0.05) is 60.7 Å². The fourth-order valence-electron chi connectivity index (χ4n) is 4.16. The molecule has 4 nitrogen and oxygen atoms in total. The zero-order valence-corrected chi connectivity index (χ0v) is 16.9. The van der Waals surface area contributed by atoms with Gasteiger partial charge in [0.25, 0.3) is 10.5 Å². The lowest BCUT2D eigenvalue weighted by Gasteiger charge is -2.34. The van der Waals surface area contributed by atoms with Crippen molar-refractivity contribution in [2.24, 2.45) is 0 Å². The van der Waals surface area contributed by atoms with E-state index in [-0.39, 0.29) is 19.3 Å². The van der Waals surface area contributed by atoms with Gasteiger partial charge in [0.2, 0.25) is 0 Å². The van der Waals surface area contributed by atoms with Crippen LogP contribution in [-0.4, -0.2) is 31.9 Å². The van der Waals surface area contributed by atoms with Crippen molar-refractivity contribution >= 4 is 57.0 Å². The molecule has 148 valence electrons. The molecule has 0 radical (unpaired) electrons. The van der Waals surface area contributed by atoms with Gasteiger partial charge in [-0.15, -0.1) is 0 Å². The number of aliphatic hydroxyl groups is 2. The summed E-state index contributed by atoms with van der Waals surface area (Å²) in [5, 5.41) is 23.5. The Hall–Kier alpha value is -2.24. The smallest absolute Gasteiger partial charge is 0.257 e. The maximum atomic E-state index is 12.2. The van der Waals surface area contributed by atoms with Crippen molar-refractivity contribution in [2.75, 3.05) is 0 Å². The molecule has 2 atom stereocenters. The first kappa shape index (κ1) is 20.0. The van der Waals surface area contributed by atoms with Gasteiger partial charge in [0, 0.05) is 12.8 Å². The summed E-state index contributed by atoms with van der Waals surface area (Å²) in [6.07, 6.45) is 3.50. The Bertz CT molecular complexity index is 1180. The molecule has 2 aliphatic rings. The van der Waals surface area contributed by atoms with E-state index in [1.807, 2.05) is 24.3 Å². The van der Waals surface area contributed by atoms with Crippen molar-refractivity contribution in [1.82, 2.24) is 0 Å². The van der Waals surface area contributed by atoms with Crippen molar-refractivity contribution < 1.29 is 19.8 Å². The van der Waals surface area contributed by atoms with E-state index in [4.69, 9.17) is 23.2 Å². The third-order valence-corrected chi connectivity index (χ3v) is 6.43. The molecule has 2 N–H and O–H groups in total. The molecule has 0 saturated carbocycles. The average Bonchev–Trinajstić information content (AvgIpc) is 2.71. The molecule has 2 aromatic carbocycles. The van der Waals surface area contributed by atoms with Crippen molar-refractivity contribution in [3.63, 3.8) is 0 Å². The van der Waals surface area contributed by atoms with E-state index in [2.05, 4.69) is 0 Å². The summed E-state index contributed by atoms with van der Waals surface area (Å²) in [4.78, 5) is 24.5. The predicted octanol–water partition coefficient (Wildman–Crippen LogP) is 0.440. The van der Waals surface area contributed by atoms with E-state index in [0.29, 0.717) is 21.6 Å². The summed E-state index contributed by atoms with van der Waals surface area (Å²) in [7, 11) is 0. The largest absolute Gasteiger partial charge is 0.376 e. The van der Waals surface area contributed by atoms with Crippen LogP contribution in [0.1, 0.15) is 19.3 Å². The molecule has 0 aliphatic heterocycles. The van der Waals surface area contributed by atoms with Crippen LogP contribution in [0.5, 0.6) is 0 Å². The molecule has 0 bridgehead atoms. The van der Waals surface area contributed by atoms with Crippen LogP contribution in [0, 0.1) is 0 Å². The van der Waals surface area contributed by atoms with Gasteiger partial charge in [-0.3, -0.25) is 9.59 Å². The van der Waals surface area contributed by atoms with Crippen LogP contribution in [0.4, 0.5) is 0 Å². The Labute approximate surface area is 176 Å². The number of hydrogen-bond acceptors (Lipinski definition) is 4. The highest BCUT2D eigenvalue weighted by Gasteiger charge is 2.45. The van der Waals surface area contributed by atoms with Crippen molar-refractivity contribution in [3.8, 4) is 0 Å². The van der Waals surface area contributed by atoms with Gasteiger partial charge in [-0.2, -0.15) is 0 Å². The molecule has 0 saturated heterocycles. The van der Waals surface area contributed by atoms with Gasteiger partial charge in [0.1, 0.15) is 0 Å². The molecule has 6 heteroatoms. The maximum absolute atomic E-state index is 12.2. The van der Waals surface area contributed by atoms with Crippen LogP contribution in [0.2, 0.25) is 0 Å². The SMILES string of the molecule is O=C(Cl)C1(O)CC=c2ccccc2=C1CC1=c2ccccc2=CCC1(O)C(=O)Cl. The monoisotopic (exact) mass is 428 g/mol. The highest BCUT2D eigenvalue weighted by atomic mass is 35.5. The third-order valence-electron chi connectivity index (χ3n) is 5.81. The van der Waals surface area contributed by atoms with Crippen molar-refractivity contribution in [2.45, 2.75) is 30.5 Å². The maximum Gasteiger partial charge on any atom is 0.257 e. The highest BCUT2D eigenvalue weighted by molar-refractivity contribution is 6.67. The third kappa shape index (κ3) is 3.17. The number of fused-ring (bicyclic) bond motifs is 2. The van der Waals surface area contributed by atoms with Gasteiger partial charge in [0.15, 0.2) is 11.2 Å². The van der Waals surface area contributed by atoms with E-state index < -0.39 is 21.7 Å². The minimum Gasteiger partial charge on any atom is -0.376 e. The number of benzene rings is 2. The molecular formula is C23H18Cl2O4. The molecular weight excluding hydrogens is 411 g/mol. The molecule has 4 rings (SSSR count). The lowest BCUT2D eigenvalue weighted by atomic mass is 9.76. The van der Waals surface area contributed by atoms with Crippen molar-refractivity contribution in [3.05, 3.63) is 69.4 Å². The van der Waals surface area contributed by atoms with Crippen LogP contribution >= 0.6 is 23.2 Å². The zero-order valence-electron chi connectivity index (χ0n) is 15.4. The van der Waals surface area contributed by atoms with Gasteiger partial charge in [-0.05, 0) is 61.6 Å². The highest BCUT2D eigenvalue weighted by Crippen LogP contribution is 2.37. The van der Waals surface area contributed by atoms with Crippen LogP contribution in [0.25, 0.3) is 23.3 Å². The number of hydrogen-bond donors (Lipinski definition) is 2. The quantitative estimate of drug-likeness (QED) is 0.692. The predicted molar refractivity (Wildman–Crippen MR) is 113 cm³/mol. The summed E-state index contributed by atoms with van der Waals surface area (Å²) >= 11 is 11.6. The average molecular weight is 429 g/mol. The molecule has 0 amide bonds.